The van der Waals surface area contributed by atoms with Gasteiger partial charge in [-0.3, -0.25) is 0 Å². The molecule has 0 aliphatic carbocycles. The molecule has 2 amide bonds. The van der Waals surface area contributed by atoms with Crippen LogP contribution < -0.4 is 20.1 Å². The predicted octanol–water partition coefficient (Wildman–Crippen LogP) is 3.17. The fourth-order valence-corrected chi connectivity index (χ4v) is 2.30. The number of nitrogens with zero attached hydrogens (tertiary/aromatic N) is 1. The van der Waals surface area contributed by atoms with Crippen molar-refractivity contribution in [2.75, 3.05) is 19.5 Å². The van der Waals surface area contributed by atoms with Crippen molar-refractivity contribution < 1.29 is 18.8 Å². The number of carbonyl (C=O) groups is 1. The van der Waals surface area contributed by atoms with Crippen LogP contribution in [0.15, 0.2) is 47.0 Å². The molecule has 1 aromatic heterocycles. The molecule has 0 bridgehead atoms. The maximum absolute atomic E-state index is 12.1. The molecule has 24 heavy (non-hydrogen) atoms. The SMILES string of the molecule is COc1ccc(NC(=O)NCc2noc3ccccc23)c(OC)c1. The fraction of sp³-hybridized carbons (Fsp3) is 0.176. The molecule has 3 rings (SSSR count). The number of rotatable bonds is 5. The minimum Gasteiger partial charge on any atom is -0.497 e. The van der Waals surface area contributed by atoms with Crippen LogP contribution in [0.4, 0.5) is 10.5 Å². The molecule has 0 saturated heterocycles. The van der Waals surface area contributed by atoms with Gasteiger partial charge in [0.15, 0.2) is 5.58 Å². The summed E-state index contributed by atoms with van der Waals surface area (Å²) in [5, 5.41) is 10.3. The summed E-state index contributed by atoms with van der Waals surface area (Å²) in [6.45, 7) is 0.251. The fourth-order valence-electron chi connectivity index (χ4n) is 2.30. The van der Waals surface area contributed by atoms with E-state index < -0.39 is 0 Å². The van der Waals surface area contributed by atoms with Crippen LogP contribution in [-0.4, -0.2) is 25.4 Å². The summed E-state index contributed by atoms with van der Waals surface area (Å²) < 4.78 is 15.6. The lowest BCUT2D eigenvalue weighted by atomic mass is 10.2. The molecule has 1 heterocycles. The molecule has 0 aliphatic rings. The lowest BCUT2D eigenvalue weighted by Crippen LogP contribution is -2.28. The highest BCUT2D eigenvalue weighted by atomic mass is 16.5. The molecule has 124 valence electrons. The van der Waals surface area contributed by atoms with E-state index in [1.165, 1.54) is 7.11 Å². The quantitative estimate of drug-likeness (QED) is 0.752. The van der Waals surface area contributed by atoms with Gasteiger partial charge < -0.3 is 24.6 Å². The zero-order valence-electron chi connectivity index (χ0n) is 13.3. The Morgan fingerprint density at radius 3 is 2.79 bits per heavy atom. The molecule has 0 spiro atoms. The monoisotopic (exact) mass is 327 g/mol. The third-order valence-corrected chi connectivity index (χ3v) is 3.53. The van der Waals surface area contributed by atoms with Gasteiger partial charge in [0.1, 0.15) is 17.2 Å². The van der Waals surface area contributed by atoms with E-state index in [0.717, 1.165) is 5.39 Å². The average molecular weight is 327 g/mol. The first-order chi connectivity index (χ1) is 11.7. The Balaban J connectivity index is 1.66. The van der Waals surface area contributed by atoms with Crippen LogP contribution in [0.2, 0.25) is 0 Å². The molecule has 0 aliphatic heterocycles. The Bertz CT molecular complexity index is 860. The molecule has 3 aromatic rings. The van der Waals surface area contributed by atoms with E-state index in [9.17, 15) is 4.79 Å². The maximum Gasteiger partial charge on any atom is 0.319 e. The number of nitrogens with one attached hydrogen (secondary N) is 2. The van der Waals surface area contributed by atoms with Crippen LogP contribution in [-0.2, 0) is 6.54 Å². The van der Waals surface area contributed by atoms with Crippen LogP contribution in [0.25, 0.3) is 11.0 Å². The van der Waals surface area contributed by atoms with Gasteiger partial charge in [-0.2, -0.15) is 0 Å². The first kappa shape index (κ1) is 15.7. The van der Waals surface area contributed by atoms with Crippen molar-refractivity contribution in [3.8, 4) is 11.5 Å². The van der Waals surface area contributed by atoms with Crippen molar-refractivity contribution in [3.05, 3.63) is 48.2 Å². The molecular formula is C17H17N3O4. The largest absolute Gasteiger partial charge is 0.497 e. The van der Waals surface area contributed by atoms with Crippen LogP contribution in [0.5, 0.6) is 11.5 Å². The maximum atomic E-state index is 12.1. The number of para-hydroxylation sites is 1. The van der Waals surface area contributed by atoms with Crippen LogP contribution in [0.3, 0.4) is 0 Å². The van der Waals surface area contributed by atoms with Gasteiger partial charge in [-0.1, -0.05) is 17.3 Å². The highest BCUT2D eigenvalue weighted by Gasteiger charge is 2.11. The topological polar surface area (TPSA) is 85.6 Å². The summed E-state index contributed by atoms with van der Waals surface area (Å²) in [6.07, 6.45) is 0. The van der Waals surface area contributed by atoms with Gasteiger partial charge >= 0.3 is 6.03 Å². The number of methoxy groups -OCH3 is 2. The summed E-state index contributed by atoms with van der Waals surface area (Å²) in [6, 6.07) is 12.3. The molecular weight excluding hydrogens is 310 g/mol. The Morgan fingerprint density at radius 2 is 2.00 bits per heavy atom. The molecule has 0 unspecified atom stereocenters. The van der Waals surface area contributed by atoms with Crippen molar-refractivity contribution in [3.63, 3.8) is 0 Å². The lowest BCUT2D eigenvalue weighted by Gasteiger charge is -2.12. The predicted molar refractivity (Wildman–Crippen MR) is 89.4 cm³/mol. The van der Waals surface area contributed by atoms with Crippen molar-refractivity contribution in [2.24, 2.45) is 0 Å². The van der Waals surface area contributed by atoms with Crippen LogP contribution in [0, 0.1) is 0 Å². The zero-order chi connectivity index (χ0) is 16.9. The minimum atomic E-state index is -0.370. The number of fused-ring (bicyclic) bond motifs is 1. The molecule has 0 atom stereocenters. The van der Waals surface area contributed by atoms with Gasteiger partial charge in [-0.25, -0.2) is 4.79 Å². The van der Waals surface area contributed by atoms with Crippen molar-refractivity contribution >= 4 is 22.7 Å². The van der Waals surface area contributed by atoms with Gasteiger partial charge in [0.05, 0.1) is 26.5 Å². The number of ether oxygens (including phenoxy) is 2. The second kappa shape index (κ2) is 6.91. The van der Waals surface area contributed by atoms with Crippen molar-refractivity contribution in [2.45, 2.75) is 6.54 Å². The van der Waals surface area contributed by atoms with Gasteiger partial charge in [0.2, 0.25) is 0 Å². The van der Waals surface area contributed by atoms with Crippen molar-refractivity contribution in [1.82, 2.24) is 10.5 Å². The van der Waals surface area contributed by atoms with Crippen molar-refractivity contribution in [1.29, 1.82) is 0 Å². The van der Waals surface area contributed by atoms with Crippen LogP contribution in [0.1, 0.15) is 5.69 Å². The number of aromatic nitrogens is 1. The van der Waals surface area contributed by atoms with E-state index in [4.69, 9.17) is 14.0 Å². The second-order valence-electron chi connectivity index (χ2n) is 5.00. The molecule has 2 N–H and O–H groups in total. The molecule has 7 nitrogen and oxygen atoms in total. The Hall–Kier alpha value is -3.22. The summed E-state index contributed by atoms with van der Waals surface area (Å²) in [4.78, 5) is 12.1. The van der Waals surface area contributed by atoms with Gasteiger partial charge in [0, 0.05) is 11.5 Å². The number of hydrogen-bond acceptors (Lipinski definition) is 5. The van der Waals surface area contributed by atoms with Gasteiger partial charge in [-0.15, -0.1) is 0 Å². The summed E-state index contributed by atoms with van der Waals surface area (Å²) in [5.74, 6) is 1.16. The highest BCUT2D eigenvalue weighted by molar-refractivity contribution is 5.91. The summed E-state index contributed by atoms with van der Waals surface area (Å²) >= 11 is 0. The minimum absolute atomic E-state index is 0.251. The van der Waals surface area contributed by atoms with Crippen LogP contribution >= 0.6 is 0 Å². The van der Waals surface area contributed by atoms with Gasteiger partial charge in [-0.05, 0) is 24.3 Å². The first-order valence-corrected chi connectivity index (χ1v) is 7.31. The Kier molecular flexibility index (Phi) is 4.51. The number of carbonyl (C=O) groups excluding carboxylic acids is 1. The first-order valence-electron chi connectivity index (χ1n) is 7.31. The summed E-state index contributed by atoms with van der Waals surface area (Å²) in [5.41, 5.74) is 1.90. The number of amides is 2. The number of hydrogen-bond donors (Lipinski definition) is 2. The molecule has 0 fully saturated rings. The van der Waals surface area contributed by atoms with E-state index in [-0.39, 0.29) is 12.6 Å². The molecule has 0 saturated carbocycles. The average Bonchev–Trinajstić information content (AvgIpc) is 3.03. The van der Waals surface area contributed by atoms with E-state index in [0.29, 0.717) is 28.5 Å². The zero-order valence-corrected chi connectivity index (χ0v) is 13.3. The standard InChI is InChI=1S/C17H17N3O4/c1-22-11-7-8-13(16(9-11)23-2)19-17(21)18-10-14-12-5-3-4-6-15(12)24-20-14/h3-9H,10H2,1-2H3,(H2,18,19,21). The third kappa shape index (κ3) is 3.24. The molecule has 2 aromatic carbocycles. The Morgan fingerprint density at radius 1 is 1.17 bits per heavy atom. The number of benzene rings is 2. The third-order valence-electron chi connectivity index (χ3n) is 3.53. The summed E-state index contributed by atoms with van der Waals surface area (Å²) in [7, 11) is 3.09. The lowest BCUT2D eigenvalue weighted by molar-refractivity contribution is 0.251. The number of urea groups is 1. The highest BCUT2D eigenvalue weighted by Crippen LogP contribution is 2.28. The molecule has 7 heteroatoms. The second-order valence-corrected chi connectivity index (χ2v) is 5.00. The van der Waals surface area contributed by atoms with E-state index >= 15 is 0 Å². The molecule has 0 radical (unpaired) electrons. The smallest absolute Gasteiger partial charge is 0.319 e. The van der Waals surface area contributed by atoms with E-state index in [1.807, 2.05) is 24.3 Å². The number of anilines is 1. The van der Waals surface area contributed by atoms with Gasteiger partial charge in [0.25, 0.3) is 0 Å². The van der Waals surface area contributed by atoms with E-state index in [1.54, 1.807) is 25.3 Å². The van der Waals surface area contributed by atoms with E-state index in [2.05, 4.69) is 15.8 Å². The Labute approximate surface area is 138 Å². The normalized spacial score (nSPS) is 10.4.